The van der Waals surface area contributed by atoms with E-state index in [0.717, 1.165) is 24.8 Å². The predicted molar refractivity (Wildman–Crippen MR) is 165 cm³/mol. The van der Waals surface area contributed by atoms with Crippen molar-refractivity contribution in [2.75, 3.05) is 22.9 Å². The number of allylic oxidation sites excluding steroid dienone is 2. The molecule has 3 aromatic carbocycles. The van der Waals surface area contributed by atoms with E-state index in [1.807, 2.05) is 38.1 Å². The topological polar surface area (TPSA) is 67.6 Å². The van der Waals surface area contributed by atoms with E-state index in [4.69, 9.17) is 0 Å². The normalized spacial score (nSPS) is 19.8. The first-order valence-corrected chi connectivity index (χ1v) is 14.5. The Morgan fingerprint density at radius 1 is 0.953 bits per heavy atom. The number of ketones is 1. The molecule has 0 radical (unpaired) electrons. The minimum absolute atomic E-state index is 0.0885. The first kappa shape index (κ1) is 30.1. The van der Waals surface area contributed by atoms with Crippen LogP contribution in [0.1, 0.15) is 63.1 Å². The van der Waals surface area contributed by atoms with Gasteiger partial charge in [0.1, 0.15) is 11.6 Å². The number of amidine groups is 1. The van der Waals surface area contributed by atoms with E-state index in [0.29, 0.717) is 22.4 Å². The summed E-state index contributed by atoms with van der Waals surface area (Å²) >= 11 is 0. The molecule has 1 heterocycles. The Bertz CT molecular complexity index is 1600. The highest BCUT2D eigenvalue weighted by Crippen LogP contribution is 2.52. The molecule has 2 N–H and O–H groups in total. The fourth-order valence-corrected chi connectivity index (χ4v) is 6.34. The molecule has 1 aliphatic carbocycles. The maximum Gasteiger partial charge on any atom is 0.418 e. The van der Waals surface area contributed by atoms with Gasteiger partial charge in [-0.15, -0.1) is 0 Å². The van der Waals surface area contributed by atoms with Crippen molar-refractivity contribution in [3.8, 4) is 0 Å². The molecular weight excluding hydrogens is 551 g/mol. The molecule has 1 aliphatic heterocycles. The molecule has 2 aliphatic rings. The van der Waals surface area contributed by atoms with Crippen LogP contribution in [0.25, 0.3) is 5.76 Å². The molecule has 3 aromatic rings. The Morgan fingerprint density at radius 3 is 2.16 bits per heavy atom. The lowest BCUT2D eigenvalue weighted by Crippen LogP contribution is -2.45. The Kier molecular flexibility index (Phi) is 7.99. The van der Waals surface area contributed by atoms with Crippen LogP contribution in [0.5, 0.6) is 0 Å². The van der Waals surface area contributed by atoms with Gasteiger partial charge in [0.15, 0.2) is 5.78 Å². The third-order valence-electron chi connectivity index (χ3n) is 8.33. The van der Waals surface area contributed by atoms with Gasteiger partial charge in [0, 0.05) is 53.5 Å². The summed E-state index contributed by atoms with van der Waals surface area (Å²) in [4.78, 5) is 17.5. The largest absolute Gasteiger partial charge is 0.507 e. The van der Waals surface area contributed by atoms with Crippen molar-refractivity contribution < 1.29 is 23.1 Å². The molecule has 0 amide bonds. The third kappa shape index (κ3) is 5.58. The molecule has 0 spiro atoms. The van der Waals surface area contributed by atoms with Gasteiger partial charge in [-0.2, -0.15) is 13.2 Å². The number of hydrogen-bond donors (Lipinski definition) is 2. The van der Waals surface area contributed by atoms with Crippen LogP contribution in [0.3, 0.4) is 0 Å². The maximum atomic E-state index is 14.4. The molecule has 0 saturated carbocycles. The zero-order valence-corrected chi connectivity index (χ0v) is 24.8. The van der Waals surface area contributed by atoms with Crippen LogP contribution < -0.4 is 9.80 Å². The minimum Gasteiger partial charge on any atom is -0.507 e. The minimum atomic E-state index is -4.70. The van der Waals surface area contributed by atoms with E-state index >= 15 is 0 Å². The molecule has 0 bridgehead atoms. The van der Waals surface area contributed by atoms with Gasteiger partial charge in [-0.05, 0) is 55.5 Å². The zero-order valence-electron chi connectivity index (χ0n) is 24.8. The summed E-state index contributed by atoms with van der Waals surface area (Å²) in [6.45, 7) is 9.55. The van der Waals surface area contributed by atoms with Crippen LogP contribution in [-0.2, 0) is 11.0 Å². The highest BCUT2D eigenvalue weighted by atomic mass is 19.4. The van der Waals surface area contributed by atoms with Gasteiger partial charge in [-0.3, -0.25) is 15.1 Å². The number of benzene rings is 3. The van der Waals surface area contributed by atoms with Crippen LogP contribution in [0, 0.1) is 10.8 Å². The van der Waals surface area contributed by atoms with Gasteiger partial charge >= 0.3 is 6.18 Å². The third-order valence-corrected chi connectivity index (χ3v) is 8.33. The van der Waals surface area contributed by atoms with E-state index < -0.39 is 23.1 Å². The average molecular weight is 588 g/mol. The lowest BCUT2D eigenvalue weighted by Gasteiger charge is -2.45. The number of aliphatic hydroxyl groups excluding tert-OH is 1. The standard InChI is InChI=1S/C35H36F3N3O2/c1-5-40(6-2)24-18-16-22(17-19-24)29-30-27(20-34(3,4)21-28(30)42)41(26-15-11-10-14-25(26)35(36,37)38)33(39)31(29)32(43)23-12-8-7-9-13-23/h7-19,29,39,43H,5-6,20-21H2,1-4H3/t29-/m0/s1. The van der Waals surface area contributed by atoms with E-state index in [9.17, 15) is 28.5 Å². The second-order valence-electron chi connectivity index (χ2n) is 11.8. The number of alkyl halides is 3. The van der Waals surface area contributed by atoms with Gasteiger partial charge in [-0.1, -0.05) is 68.4 Å². The number of nitrogens with zero attached hydrogens (tertiary/aromatic N) is 2. The number of nitrogens with one attached hydrogen (secondary N) is 1. The number of halogens is 3. The van der Waals surface area contributed by atoms with E-state index in [1.165, 1.54) is 23.1 Å². The summed E-state index contributed by atoms with van der Waals surface area (Å²) in [5.74, 6) is -1.59. The molecule has 0 fully saturated rings. The number of aliphatic hydroxyl groups is 1. The SMILES string of the molecule is CCN(CC)c1ccc([C@@H]2C(=C(O)c3ccccc3)C(=N)N(c3ccccc3C(F)(F)F)C3=C2C(=O)CC(C)(C)C3)cc1. The molecule has 43 heavy (non-hydrogen) atoms. The molecule has 8 heteroatoms. The summed E-state index contributed by atoms with van der Waals surface area (Å²) in [6.07, 6.45) is -4.22. The van der Waals surface area contributed by atoms with E-state index in [-0.39, 0.29) is 41.5 Å². The number of carbonyl (C=O) groups is 1. The van der Waals surface area contributed by atoms with Gasteiger partial charge in [-0.25, -0.2) is 0 Å². The number of rotatable bonds is 6. The molecular formula is C35H36F3N3O2. The molecule has 224 valence electrons. The van der Waals surface area contributed by atoms with E-state index in [2.05, 4.69) is 18.7 Å². The summed E-state index contributed by atoms with van der Waals surface area (Å²) in [7, 11) is 0. The van der Waals surface area contributed by atoms with Crippen molar-refractivity contribution in [3.05, 3.63) is 112 Å². The second-order valence-corrected chi connectivity index (χ2v) is 11.8. The molecule has 1 atom stereocenters. The highest BCUT2D eigenvalue weighted by molar-refractivity contribution is 6.20. The van der Waals surface area contributed by atoms with Gasteiger partial charge in [0.2, 0.25) is 0 Å². The molecule has 5 nitrogen and oxygen atoms in total. The first-order chi connectivity index (χ1) is 20.4. The van der Waals surface area contributed by atoms with E-state index in [1.54, 1.807) is 30.3 Å². The van der Waals surface area contributed by atoms with Crippen molar-refractivity contribution in [1.29, 1.82) is 5.41 Å². The summed E-state index contributed by atoms with van der Waals surface area (Å²) in [6, 6.07) is 21.4. The van der Waals surface area contributed by atoms with Crippen LogP contribution in [0.4, 0.5) is 24.5 Å². The van der Waals surface area contributed by atoms with Crippen molar-refractivity contribution in [1.82, 2.24) is 0 Å². The molecule has 0 aromatic heterocycles. The number of carbonyl (C=O) groups excluding carboxylic acids is 1. The first-order valence-electron chi connectivity index (χ1n) is 14.5. The number of para-hydroxylation sites is 1. The predicted octanol–water partition coefficient (Wildman–Crippen LogP) is 8.75. The monoisotopic (exact) mass is 587 g/mol. The second kappa shape index (κ2) is 11.4. The van der Waals surface area contributed by atoms with Crippen LogP contribution in [-0.4, -0.2) is 29.8 Å². The van der Waals surface area contributed by atoms with Gasteiger partial charge in [0.05, 0.1) is 11.3 Å². The number of hydrogen-bond acceptors (Lipinski definition) is 4. The molecule has 0 unspecified atom stereocenters. The Morgan fingerprint density at radius 2 is 1.56 bits per heavy atom. The van der Waals surface area contributed by atoms with Crippen molar-refractivity contribution >= 4 is 28.8 Å². The van der Waals surface area contributed by atoms with Gasteiger partial charge in [0.25, 0.3) is 0 Å². The van der Waals surface area contributed by atoms with Crippen LogP contribution in [0.15, 0.2) is 95.7 Å². The Labute approximate surface area is 250 Å². The Balaban J connectivity index is 1.84. The summed E-state index contributed by atoms with van der Waals surface area (Å²) < 4.78 is 43.1. The quantitative estimate of drug-likeness (QED) is 0.283. The van der Waals surface area contributed by atoms with Crippen molar-refractivity contribution in [3.63, 3.8) is 0 Å². The lowest BCUT2D eigenvalue weighted by molar-refractivity contribution is -0.137. The van der Waals surface area contributed by atoms with Crippen LogP contribution >= 0.6 is 0 Å². The van der Waals surface area contributed by atoms with Crippen LogP contribution in [0.2, 0.25) is 0 Å². The maximum absolute atomic E-state index is 14.4. The summed E-state index contributed by atoms with van der Waals surface area (Å²) in [5.41, 5.74) is 1.15. The fraction of sp³-hybridized carbons (Fsp3) is 0.314. The lowest BCUT2D eigenvalue weighted by atomic mass is 9.67. The average Bonchev–Trinajstić information content (AvgIpc) is 2.97. The summed E-state index contributed by atoms with van der Waals surface area (Å²) in [5, 5.41) is 21.3. The highest BCUT2D eigenvalue weighted by Gasteiger charge is 2.48. The number of Topliss-reactive ketones (excluding diaryl/α,β-unsaturated/α-hetero) is 1. The van der Waals surface area contributed by atoms with Crippen molar-refractivity contribution in [2.45, 2.75) is 52.6 Å². The molecule has 5 rings (SSSR count). The fourth-order valence-electron chi connectivity index (χ4n) is 6.34. The smallest absolute Gasteiger partial charge is 0.418 e. The number of anilines is 2. The van der Waals surface area contributed by atoms with Gasteiger partial charge < -0.3 is 10.0 Å². The zero-order chi connectivity index (χ0) is 31.1. The van der Waals surface area contributed by atoms with Crippen molar-refractivity contribution in [2.24, 2.45) is 5.41 Å². The Hall–Kier alpha value is -4.33. The molecule has 0 saturated heterocycles.